The minimum absolute atomic E-state index is 0.212. The van der Waals surface area contributed by atoms with Crippen molar-refractivity contribution in [2.75, 3.05) is 11.9 Å². The van der Waals surface area contributed by atoms with Gasteiger partial charge in [0, 0.05) is 0 Å². The van der Waals surface area contributed by atoms with Crippen molar-refractivity contribution in [3.05, 3.63) is 22.4 Å². The fourth-order valence-corrected chi connectivity index (χ4v) is 1.28. The third-order valence-corrected chi connectivity index (χ3v) is 1.67. The largest absolute Gasteiger partial charge is 0.450 e. The van der Waals surface area contributed by atoms with Gasteiger partial charge in [-0.1, -0.05) is 23.2 Å². The van der Waals surface area contributed by atoms with E-state index < -0.39 is 6.09 Å². The first-order valence-corrected chi connectivity index (χ1v) is 4.64. The molecule has 1 N–H and O–H groups in total. The van der Waals surface area contributed by atoms with Gasteiger partial charge in [-0.3, -0.25) is 5.32 Å². The Hall–Kier alpha value is -1.00. The van der Waals surface area contributed by atoms with Crippen LogP contribution in [0.25, 0.3) is 0 Å². The van der Waals surface area contributed by atoms with Gasteiger partial charge in [0.2, 0.25) is 0 Å². The molecule has 0 fully saturated rings. The molecule has 0 aromatic carbocycles. The smallest absolute Gasteiger partial charge is 0.411 e. The molecule has 14 heavy (non-hydrogen) atoms. The molecular weight excluding hydrogens is 227 g/mol. The normalized spacial score (nSPS) is 9.64. The fraction of sp³-hybridized carbons (Fsp3) is 0.250. The molecule has 0 aliphatic rings. The summed E-state index contributed by atoms with van der Waals surface area (Å²) < 4.78 is 4.67. The van der Waals surface area contributed by atoms with Crippen LogP contribution in [0.15, 0.2) is 12.1 Å². The van der Waals surface area contributed by atoms with Crippen LogP contribution in [0.3, 0.4) is 0 Å². The van der Waals surface area contributed by atoms with Crippen LogP contribution in [0.2, 0.25) is 10.3 Å². The summed E-state index contributed by atoms with van der Waals surface area (Å²) in [4.78, 5) is 14.7. The zero-order valence-corrected chi connectivity index (χ0v) is 8.89. The van der Waals surface area contributed by atoms with Crippen molar-refractivity contribution in [3.63, 3.8) is 0 Å². The maximum absolute atomic E-state index is 11.0. The summed E-state index contributed by atoms with van der Waals surface area (Å²) in [5.74, 6) is 0. The molecule has 1 aromatic rings. The number of anilines is 1. The van der Waals surface area contributed by atoms with Gasteiger partial charge in [-0.05, 0) is 19.1 Å². The Bertz CT molecular complexity index is 324. The number of carbonyl (C=O) groups is 1. The third-order valence-electron chi connectivity index (χ3n) is 1.28. The lowest BCUT2D eigenvalue weighted by atomic mass is 10.4. The molecule has 0 radical (unpaired) electrons. The van der Waals surface area contributed by atoms with E-state index in [0.717, 1.165) is 0 Å². The fourth-order valence-electron chi connectivity index (χ4n) is 0.822. The van der Waals surface area contributed by atoms with Crippen LogP contribution in [0.5, 0.6) is 0 Å². The number of halogens is 2. The molecule has 6 heteroatoms. The van der Waals surface area contributed by atoms with Crippen LogP contribution >= 0.6 is 23.2 Å². The van der Waals surface area contributed by atoms with E-state index in [1.807, 2.05) is 0 Å². The number of nitrogens with zero attached hydrogens (tertiary/aromatic N) is 1. The average Bonchev–Trinajstić information content (AvgIpc) is 2.01. The number of nitrogens with one attached hydrogen (secondary N) is 1. The molecule has 0 unspecified atom stereocenters. The van der Waals surface area contributed by atoms with Crippen molar-refractivity contribution in [2.45, 2.75) is 6.92 Å². The second-order valence-corrected chi connectivity index (χ2v) is 3.12. The Kier molecular flexibility index (Phi) is 3.98. The highest BCUT2D eigenvalue weighted by atomic mass is 35.5. The molecule has 0 spiro atoms. The number of hydrogen-bond acceptors (Lipinski definition) is 3. The maximum atomic E-state index is 11.0. The third kappa shape index (κ3) is 3.40. The summed E-state index contributed by atoms with van der Waals surface area (Å²) in [6, 6.07) is 2.95. The van der Waals surface area contributed by atoms with E-state index >= 15 is 0 Å². The van der Waals surface area contributed by atoms with E-state index in [0.29, 0.717) is 12.3 Å². The molecule has 0 saturated carbocycles. The summed E-state index contributed by atoms with van der Waals surface area (Å²) in [6.07, 6.45) is -0.550. The Morgan fingerprint density at radius 3 is 2.57 bits per heavy atom. The Morgan fingerprint density at radius 2 is 2.07 bits per heavy atom. The van der Waals surface area contributed by atoms with E-state index in [4.69, 9.17) is 23.2 Å². The van der Waals surface area contributed by atoms with E-state index in [9.17, 15) is 4.79 Å². The summed E-state index contributed by atoms with van der Waals surface area (Å²) in [5.41, 5.74) is 0.452. The molecule has 1 rings (SSSR count). The second kappa shape index (κ2) is 5.02. The van der Waals surface area contributed by atoms with Crippen molar-refractivity contribution in [2.24, 2.45) is 0 Å². The number of amides is 1. The standard InChI is InChI=1S/C8H8Cl2N2O2/c1-2-14-8(13)11-5-3-6(9)12-7(10)4-5/h3-4H,2H2,1H3,(H,11,12,13). The van der Waals surface area contributed by atoms with E-state index in [-0.39, 0.29) is 10.3 Å². The van der Waals surface area contributed by atoms with Crippen LogP contribution in [-0.2, 0) is 4.74 Å². The lowest BCUT2D eigenvalue weighted by molar-refractivity contribution is 0.168. The first kappa shape index (κ1) is 11.1. The Labute approximate surface area is 91.2 Å². The highest BCUT2D eigenvalue weighted by Gasteiger charge is 2.04. The highest BCUT2D eigenvalue weighted by molar-refractivity contribution is 6.32. The van der Waals surface area contributed by atoms with Gasteiger partial charge in [-0.2, -0.15) is 0 Å². The summed E-state index contributed by atoms with van der Waals surface area (Å²) >= 11 is 11.2. The number of hydrogen-bond donors (Lipinski definition) is 1. The minimum atomic E-state index is -0.550. The molecule has 1 aromatic heterocycles. The molecule has 0 saturated heterocycles. The monoisotopic (exact) mass is 234 g/mol. The lowest BCUT2D eigenvalue weighted by Gasteiger charge is -2.05. The van der Waals surface area contributed by atoms with E-state index in [2.05, 4.69) is 15.0 Å². The van der Waals surface area contributed by atoms with Crippen molar-refractivity contribution in [1.29, 1.82) is 0 Å². The second-order valence-electron chi connectivity index (χ2n) is 2.35. The summed E-state index contributed by atoms with van der Waals surface area (Å²) in [6.45, 7) is 2.02. The Balaban J connectivity index is 2.71. The zero-order chi connectivity index (χ0) is 10.6. The van der Waals surface area contributed by atoms with Crippen LogP contribution in [-0.4, -0.2) is 17.7 Å². The van der Waals surface area contributed by atoms with Gasteiger partial charge in [-0.15, -0.1) is 0 Å². The van der Waals surface area contributed by atoms with Gasteiger partial charge < -0.3 is 4.74 Å². The molecule has 0 atom stereocenters. The zero-order valence-electron chi connectivity index (χ0n) is 7.38. The molecule has 0 aliphatic heterocycles. The molecule has 4 nitrogen and oxygen atoms in total. The molecule has 1 amide bonds. The molecule has 0 aliphatic carbocycles. The first-order valence-electron chi connectivity index (χ1n) is 3.88. The number of aromatic nitrogens is 1. The van der Waals surface area contributed by atoms with E-state index in [1.54, 1.807) is 6.92 Å². The molecule has 76 valence electrons. The van der Waals surface area contributed by atoms with Gasteiger partial charge >= 0.3 is 6.09 Å². The van der Waals surface area contributed by atoms with Gasteiger partial charge in [-0.25, -0.2) is 9.78 Å². The van der Waals surface area contributed by atoms with Crippen molar-refractivity contribution < 1.29 is 9.53 Å². The van der Waals surface area contributed by atoms with Crippen molar-refractivity contribution in [3.8, 4) is 0 Å². The van der Waals surface area contributed by atoms with Crippen LogP contribution < -0.4 is 5.32 Å². The van der Waals surface area contributed by atoms with Gasteiger partial charge in [0.25, 0.3) is 0 Å². The van der Waals surface area contributed by atoms with Crippen LogP contribution in [0.4, 0.5) is 10.5 Å². The summed E-state index contributed by atoms with van der Waals surface area (Å²) in [7, 11) is 0. The number of pyridine rings is 1. The van der Waals surface area contributed by atoms with Crippen molar-refractivity contribution in [1.82, 2.24) is 4.98 Å². The number of rotatable bonds is 2. The van der Waals surface area contributed by atoms with Crippen LogP contribution in [0, 0.1) is 0 Å². The van der Waals surface area contributed by atoms with Crippen molar-refractivity contribution >= 4 is 35.0 Å². The predicted molar refractivity (Wildman–Crippen MR) is 54.9 cm³/mol. The molecular formula is C8H8Cl2N2O2. The summed E-state index contributed by atoms with van der Waals surface area (Å²) in [5, 5.41) is 2.88. The minimum Gasteiger partial charge on any atom is -0.450 e. The van der Waals surface area contributed by atoms with Crippen LogP contribution in [0.1, 0.15) is 6.92 Å². The van der Waals surface area contributed by atoms with Gasteiger partial charge in [0.05, 0.1) is 12.3 Å². The SMILES string of the molecule is CCOC(=O)Nc1cc(Cl)nc(Cl)c1. The van der Waals surface area contributed by atoms with Gasteiger partial charge in [0.1, 0.15) is 10.3 Å². The molecule has 1 heterocycles. The number of carbonyl (C=O) groups excluding carboxylic acids is 1. The van der Waals surface area contributed by atoms with Gasteiger partial charge in [0.15, 0.2) is 0 Å². The quantitative estimate of drug-likeness (QED) is 0.801. The Morgan fingerprint density at radius 1 is 1.50 bits per heavy atom. The average molecular weight is 235 g/mol. The van der Waals surface area contributed by atoms with E-state index in [1.165, 1.54) is 12.1 Å². The number of ether oxygens (including phenoxy) is 1. The first-order chi connectivity index (χ1) is 6.61. The molecule has 0 bridgehead atoms. The lowest BCUT2D eigenvalue weighted by Crippen LogP contribution is -2.13. The predicted octanol–water partition coefficient (Wildman–Crippen LogP) is 2.96. The highest BCUT2D eigenvalue weighted by Crippen LogP contribution is 2.18. The maximum Gasteiger partial charge on any atom is 0.411 e. The topological polar surface area (TPSA) is 51.2 Å².